The fraction of sp³-hybridized carbons (Fsp3) is 0.0909. The Labute approximate surface area is 117 Å². The molecule has 10 heteroatoms. The van der Waals surface area contributed by atoms with E-state index in [1.54, 1.807) is 12.1 Å². The molecule has 0 unspecified atom stereocenters. The quantitative estimate of drug-likeness (QED) is 0.483. The van der Waals surface area contributed by atoms with E-state index in [-0.39, 0.29) is 17.9 Å². The lowest BCUT2D eigenvalue weighted by Gasteiger charge is -2.07. The first-order chi connectivity index (χ1) is 10.1. The van der Waals surface area contributed by atoms with E-state index < -0.39 is 16.9 Å². The van der Waals surface area contributed by atoms with Crippen molar-refractivity contribution in [1.29, 1.82) is 0 Å². The van der Waals surface area contributed by atoms with Crippen molar-refractivity contribution in [3.05, 3.63) is 52.2 Å². The highest BCUT2D eigenvalue weighted by Gasteiger charge is 2.14. The zero-order chi connectivity index (χ0) is 15.2. The molecule has 0 saturated carbocycles. The summed E-state index contributed by atoms with van der Waals surface area (Å²) in [5, 5.41) is 12.9. The van der Waals surface area contributed by atoms with E-state index in [9.17, 15) is 19.7 Å². The average molecular weight is 293 g/mol. The Bertz CT molecular complexity index is 648. The minimum atomic E-state index is -0.712. The second-order valence-electron chi connectivity index (χ2n) is 3.87. The number of amides is 3. The number of hydrogen-bond acceptors (Lipinski definition) is 5. The van der Waals surface area contributed by atoms with Crippen LogP contribution in [0.3, 0.4) is 0 Å². The van der Waals surface area contributed by atoms with Crippen molar-refractivity contribution < 1.29 is 18.9 Å². The lowest BCUT2D eigenvalue weighted by molar-refractivity contribution is -0.384. The molecule has 0 aliphatic carbocycles. The molecular weight excluding hydrogens is 282 g/mol. The molecule has 0 radical (unpaired) electrons. The summed E-state index contributed by atoms with van der Waals surface area (Å²) in [6.07, 6.45) is 2.54. The molecule has 2 aromatic heterocycles. The smallest absolute Gasteiger partial charge is 0.333 e. The molecule has 4 N–H and O–H groups in total. The third kappa shape index (κ3) is 3.83. The van der Waals surface area contributed by atoms with Gasteiger partial charge in [-0.15, -0.1) is 0 Å². The summed E-state index contributed by atoms with van der Waals surface area (Å²) in [5.74, 6) is -0.160. The van der Waals surface area contributed by atoms with Gasteiger partial charge in [0.15, 0.2) is 0 Å². The molecule has 0 spiro atoms. The number of furan rings is 1. The molecular formula is C11H11N5O5. The largest absolute Gasteiger partial charge is 0.467 e. The van der Waals surface area contributed by atoms with Crippen molar-refractivity contribution in [2.75, 3.05) is 0 Å². The monoisotopic (exact) mass is 293 g/mol. The molecule has 0 atom stereocenters. The van der Waals surface area contributed by atoms with Crippen LogP contribution in [0, 0.1) is 10.1 Å². The topological polar surface area (TPSA) is 142 Å². The molecule has 0 aromatic carbocycles. The predicted molar refractivity (Wildman–Crippen MR) is 69.0 cm³/mol. The molecule has 0 aliphatic heterocycles. The Morgan fingerprint density at radius 1 is 1.38 bits per heavy atom. The summed E-state index contributed by atoms with van der Waals surface area (Å²) >= 11 is 0. The van der Waals surface area contributed by atoms with Crippen molar-refractivity contribution in [2.24, 2.45) is 0 Å². The summed E-state index contributed by atoms with van der Waals surface area (Å²) in [6.45, 7) is 0.155. The van der Waals surface area contributed by atoms with Crippen molar-refractivity contribution in [2.45, 2.75) is 6.54 Å². The van der Waals surface area contributed by atoms with Crippen LogP contribution in [-0.2, 0) is 6.54 Å². The molecule has 110 valence electrons. The Morgan fingerprint density at radius 2 is 2.19 bits per heavy atom. The van der Waals surface area contributed by atoms with Crippen LogP contribution in [0.5, 0.6) is 0 Å². The van der Waals surface area contributed by atoms with Gasteiger partial charge in [-0.2, -0.15) is 0 Å². The maximum absolute atomic E-state index is 11.6. The molecule has 2 heterocycles. The number of aromatic nitrogens is 1. The maximum atomic E-state index is 11.6. The fourth-order valence-corrected chi connectivity index (χ4v) is 1.43. The SMILES string of the molecule is O=C(NCc1ccco1)NNC(=O)c1cc([N+](=O)[O-])c[nH]1. The number of rotatable bonds is 4. The second-order valence-corrected chi connectivity index (χ2v) is 3.87. The van der Waals surface area contributed by atoms with E-state index in [1.165, 1.54) is 6.26 Å². The standard InChI is InChI=1S/C11H11N5O5/c17-10(9-4-7(5-12-9)16(19)20)14-15-11(18)13-6-8-2-1-3-21-8/h1-5,12H,6H2,(H,14,17)(H2,13,15,18). The molecule has 0 bridgehead atoms. The summed E-state index contributed by atoms with van der Waals surface area (Å²) in [6, 6.07) is 3.75. The number of hydrazine groups is 1. The first kappa shape index (κ1) is 14.1. The van der Waals surface area contributed by atoms with Crippen LogP contribution in [0.2, 0.25) is 0 Å². The number of carbonyl (C=O) groups excluding carboxylic acids is 2. The van der Waals surface area contributed by atoms with Gasteiger partial charge >= 0.3 is 6.03 Å². The highest BCUT2D eigenvalue weighted by Crippen LogP contribution is 2.11. The lowest BCUT2D eigenvalue weighted by atomic mass is 10.4. The fourth-order valence-electron chi connectivity index (χ4n) is 1.43. The van der Waals surface area contributed by atoms with Gasteiger partial charge in [0.05, 0.1) is 23.9 Å². The van der Waals surface area contributed by atoms with E-state index in [4.69, 9.17) is 4.42 Å². The third-order valence-corrected chi connectivity index (χ3v) is 2.42. The Kier molecular flexibility index (Phi) is 4.19. The first-order valence-corrected chi connectivity index (χ1v) is 5.75. The summed E-state index contributed by atoms with van der Waals surface area (Å²) in [5.41, 5.74) is 3.90. The zero-order valence-corrected chi connectivity index (χ0v) is 10.6. The third-order valence-electron chi connectivity index (χ3n) is 2.42. The van der Waals surface area contributed by atoms with E-state index in [1.807, 2.05) is 0 Å². The summed E-state index contributed by atoms with van der Waals surface area (Å²) in [7, 11) is 0. The van der Waals surface area contributed by atoms with Crippen LogP contribution in [-0.4, -0.2) is 21.8 Å². The number of nitrogens with one attached hydrogen (secondary N) is 4. The number of hydrogen-bond donors (Lipinski definition) is 4. The minimum absolute atomic E-state index is 0.0481. The molecule has 0 aliphatic rings. The van der Waals surface area contributed by atoms with Crippen LogP contribution < -0.4 is 16.2 Å². The van der Waals surface area contributed by atoms with E-state index >= 15 is 0 Å². The number of nitro groups is 1. The van der Waals surface area contributed by atoms with Crippen molar-refractivity contribution in [1.82, 2.24) is 21.2 Å². The molecule has 0 saturated heterocycles. The van der Waals surface area contributed by atoms with Gasteiger partial charge < -0.3 is 14.7 Å². The van der Waals surface area contributed by atoms with Crippen LogP contribution in [0.1, 0.15) is 16.2 Å². The molecule has 2 aromatic rings. The maximum Gasteiger partial charge on any atom is 0.333 e. The van der Waals surface area contributed by atoms with Gasteiger partial charge in [0.2, 0.25) is 0 Å². The number of nitrogens with zero attached hydrogens (tertiary/aromatic N) is 1. The first-order valence-electron chi connectivity index (χ1n) is 5.75. The van der Waals surface area contributed by atoms with Crippen LogP contribution in [0.4, 0.5) is 10.5 Å². The predicted octanol–water partition coefficient (Wildman–Crippen LogP) is 0.660. The molecule has 0 fully saturated rings. The zero-order valence-electron chi connectivity index (χ0n) is 10.6. The Hall–Kier alpha value is -3.30. The van der Waals surface area contributed by atoms with Gasteiger partial charge in [0.1, 0.15) is 11.5 Å². The van der Waals surface area contributed by atoms with Gasteiger partial charge in [-0.3, -0.25) is 20.3 Å². The van der Waals surface area contributed by atoms with Gasteiger partial charge in [-0.05, 0) is 12.1 Å². The highest BCUT2D eigenvalue weighted by atomic mass is 16.6. The number of H-pyrrole nitrogens is 1. The molecule has 21 heavy (non-hydrogen) atoms. The molecule has 2 rings (SSSR count). The van der Waals surface area contributed by atoms with Crippen molar-refractivity contribution in [3.8, 4) is 0 Å². The van der Waals surface area contributed by atoms with E-state index in [0.29, 0.717) is 5.76 Å². The molecule has 3 amide bonds. The minimum Gasteiger partial charge on any atom is -0.467 e. The number of aromatic amines is 1. The van der Waals surface area contributed by atoms with Gasteiger partial charge in [-0.1, -0.05) is 0 Å². The van der Waals surface area contributed by atoms with Gasteiger partial charge in [-0.25, -0.2) is 10.2 Å². The van der Waals surface area contributed by atoms with Crippen LogP contribution >= 0.6 is 0 Å². The highest BCUT2D eigenvalue weighted by molar-refractivity contribution is 5.94. The lowest BCUT2D eigenvalue weighted by Crippen LogP contribution is -2.46. The van der Waals surface area contributed by atoms with Crippen LogP contribution in [0.25, 0.3) is 0 Å². The van der Waals surface area contributed by atoms with E-state index in [2.05, 4.69) is 21.2 Å². The van der Waals surface area contributed by atoms with Gasteiger partial charge in [0, 0.05) is 6.07 Å². The summed E-state index contributed by atoms with van der Waals surface area (Å²) < 4.78 is 5.01. The Balaban J connectivity index is 1.77. The average Bonchev–Trinajstić information content (AvgIpc) is 3.12. The van der Waals surface area contributed by atoms with Crippen LogP contribution in [0.15, 0.2) is 35.1 Å². The second kappa shape index (κ2) is 6.23. The number of carbonyl (C=O) groups is 2. The van der Waals surface area contributed by atoms with Crippen molar-refractivity contribution >= 4 is 17.6 Å². The number of urea groups is 1. The summed E-state index contributed by atoms with van der Waals surface area (Å²) in [4.78, 5) is 35.2. The Morgan fingerprint density at radius 3 is 2.81 bits per heavy atom. The molecule has 10 nitrogen and oxygen atoms in total. The normalized spacial score (nSPS) is 9.90. The van der Waals surface area contributed by atoms with Gasteiger partial charge in [0.25, 0.3) is 11.6 Å². The van der Waals surface area contributed by atoms with Crippen molar-refractivity contribution in [3.63, 3.8) is 0 Å². The van der Waals surface area contributed by atoms with E-state index in [0.717, 1.165) is 12.3 Å².